The maximum Gasteiger partial charge on any atom is 0.182 e. The summed E-state index contributed by atoms with van der Waals surface area (Å²) in [6.07, 6.45) is 0. The van der Waals surface area contributed by atoms with E-state index in [4.69, 9.17) is 5.73 Å². The zero-order valence-corrected chi connectivity index (χ0v) is 8.81. The van der Waals surface area contributed by atoms with Crippen molar-refractivity contribution in [2.75, 3.05) is 5.73 Å². The molecule has 0 unspecified atom stereocenters. The summed E-state index contributed by atoms with van der Waals surface area (Å²) in [5, 5.41) is 11.6. The van der Waals surface area contributed by atoms with Gasteiger partial charge in [-0.1, -0.05) is 12.1 Å². The fraction of sp³-hybridized carbons (Fsp3) is 0.300. The fourth-order valence-electron chi connectivity index (χ4n) is 1.51. The van der Waals surface area contributed by atoms with Gasteiger partial charge in [0.2, 0.25) is 0 Å². The van der Waals surface area contributed by atoms with Crippen LogP contribution >= 0.6 is 0 Å². The first-order valence-electron chi connectivity index (χ1n) is 4.85. The van der Waals surface area contributed by atoms with E-state index in [9.17, 15) is 0 Å². The molecule has 0 aliphatic rings. The first-order chi connectivity index (χ1) is 7.24. The molecule has 5 heteroatoms. The average molecular weight is 203 g/mol. The molecule has 1 heterocycles. The predicted molar refractivity (Wildman–Crippen MR) is 58.1 cm³/mol. The maximum atomic E-state index is 5.84. The Morgan fingerprint density at radius 1 is 1.40 bits per heavy atom. The second kappa shape index (κ2) is 3.68. The Morgan fingerprint density at radius 3 is 2.93 bits per heavy atom. The number of aromatic nitrogens is 4. The minimum atomic E-state index is 0.747. The van der Waals surface area contributed by atoms with Gasteiger partial charge in [-0.25, -0.2) is 4.68 Å². The summed E-state index contributed by atoms with van der Waals surface area (Å²) in [5.74, 6) is 0.766. The third kappa shape index (κ3) is 1.56. The largest absolute Gasteiger partial charge is 0.398 e. The zero-order valence-electron chi connectivity index (χ0n) is 8.81. The molecule has 2 aromatic rings. The van der Waals surface area contributed by atoms with E-state index in [1.165, 1.54) is 0 Å². The Balaban J connectivity index is 2.59. The van der Waals surface area contributed by atoms with Gasteiger partial charge in [-0.05, 0) is 35.9 Å². The van der Waals surface area contributed by atoms with E-state index in [1.54, 1.807) is 4.68 Å². The number of hydrogen-bond donors (Lipinski definition) is 1. The second-order valence-electron chi connectivity index (χ2n) is 3.34. The van der Waals surface area contributed by atoms with Crippen molar-refractivity contribution in [3.8, 4) is 11.4 Å². The number of nitrogens with two attached hydrogens (primary N) is 1. The van der Waals surface area contributed by atoms with Crippen molar-refractivity contribution in [1.82, 2.24) is 20.2 Å². The molecule has 2 rings (SSSR count). The first-order valence-corrected chi connectivity index (χ1v) is 4.85. The van der Waals surface area contributed by atoms with E-state index < -0.39 is 0 Å². The SMILES string of the molecule is CCn1nnnc1-c1cccc(N)c1C. The normalized spacial score (nSPS) is 10.5. The maximum absolute atomic E-state index is 5.84. The lowest BCUT2D eigenvalue weighted by atomic mass is 10.1. The van der Waals surface area contributed by atoms with Crippen molar-refractivity contribution in [1.29, 1.82) is 0 Å². The third-order valence-corrected chi connectivity index (χ3v) is 2.45. The molecule has 1 aromatic carbocycles. The number of nitrogen functional groups attached to an aromatic ring is 1. The third-order valence-electron chi connectivity index (χ3n) is 2.45. The van der Waals surface area contributed by atoms with E-state index in [0.29, 0.717) is 0 Å². The summed E-state index contributed by atoms with van der Waals surface area (Å²) in [7, 11) is 0. The van der Waals surface area contributed by atoms with E-state index in [0.717, 1.165) is 29.2 Å². The standard InChI is InChI=1S/C10H13N5/c1-3-15-10(12-13-14-15)8-5-4-6-9(11)7(8)2/h4-6H,3,11H2,1-2H3. The Kier molecular flexibility index (Phi) is 2.37. The fourth-order valence-corrected chi connectivity index (χ4v) is 1.51. The smallest absolute Gasteiger partial charge is 0.182 e. The minimum absolute atomic E-state index is 0.747. The number of hydrogen-bond acceptors (Lipinski definition) is 4. The predicted octanol–water partition coefficient (Wildman–Crippen LogP) is 1.25. The Hall–Kier alpha value is -1.91. The molecule has 0 bridgehead atoms. The first kappa shape index (κ1) is 9.64. The number of benzene rings is 1. The van der Waals surface area contributed by atoms with E-state index in [1.807, 2.05) is 32.0 Å². The minimum Gasteiger partial charge on any atom is -0.398 e. The van der Waals surface area contributed by atoms with Crippen LogP contribution in [-0.2, 0) is 6.54 Å². The lowest BCUT2D eigenvalue weighted by molar-refractivity contribution is 0.631. The number of tetrazole rings is 1. The van der Waals surface area contributed by atoms with Crippen LogP contribution in [-0.4, -0.2) is 20.2 Å². The van der Waals surface area contributed by atoms with Gasteiger partial charge in [0.15, 0.2) is 5.82 Å². The van der Waals surface area contributed by atoms with Crippen LogP contribution < -0.4 is 5.73 Å². The molecule has 0 aliphatic heterocycles. The molecule has 0 spiro atoms. The summed E-state index contributed by atoms with van der Waals surface area (Å²) >= 11 is 0. The lowest BCUT2D eigenvalue weighted by Crippen LogP contribution is -2.01. The molecule has 78 valence electrons. The number of nitrogens with zero attached hydrogens (tertiary/aromatic N) is 4. The summed E-state index contributed by atoms with van der Waals surface area (Å²) in [6, 6.07) is 5.76. The quantitative estimate of drug-likeness (QED) is 0.746. The highest BCUT2D eigenvalue weighted by Crippen LogP contribution is 2.24. The highest BCUT2D eigenvalue weighted by molar-refractivity contribution is 5.67. The van der Waals surface area contributed by atoms with Crippen LogP contribution in [0.4, 0.5) is 5.69 Å². The van der Waals surface area contributed by atoms with E-state index >= 15 is 0 Å². The van der Waals surface area contributed by atoms with Gasteiger partial charge >= 0.3 is 0 Å². The van der Waals surface area contributed by atoms with Gasteiger partial charge < -0.3 is 5.73 Å². The molecule has 0 saturated heterocycles. The van der Waals surface area contributed by atoms with Gasteiger partial charge in [0.25, 0.3) is 0 Å². The highest BCUT2D eigenvalue weighted by atomic mass is 15.5. The van der Waals surface area contributed by atoms with Crippen LogP contribution in [0.5, 0.6) is 0 Å². The van der Waals surface area contributed by atoms with Crippen LogP contribution in [0.2, 0.25) is 0 Å². The van der Waals surface area contributed by atoms with Crippen LogP contribution in [0.15, 0.2) is 18.2 Å². The Bertz CT molecular complexity index is 474. The molecule has 0 fully saturated rings. The molecule has 2 N–H and O–H groups in total. The molecule has 0 atom stereocenters. The molecule has 1 aromatic heterocycles. The van der Waals surface area contributed by atoms with Gasteiger partial charge in [0.05, 0.1) is 0 Å². The van der Waals surface area contributed by atoms with Gasteiger partial charge in [0, 0.05) is 17.8 Å². The van der Waals surface area contributed by atoms with Crippen molar-refractivity contribution in [2.24, 2.45) is 0 Å². The number of aryl methyl sites for hydroxylation is 1. The van der Waals surface area contributed by atoms with Crippen molar-refractivity contribution in [3.63, 3.8) is 0 Å². The molecule has 0 radical (unpaired) electrons. The van der Waals surface area contributed by atoms with Crippen LogP contribution in [0.25, 0.3) is 11.4 Å². The molecule has 0 amide bonds. The summed E-state index contributed by atoms with van der Waals surface area (Å²) in [6.45, 7) is 4.72. The van der Waals surface area contributed by atoms with Gasteiger partial charge in [0.1, 0.15) is 0 Å². The van der Waals surface area contributed by atoms with E-state index in [2.05, 4.69) is 15.5 Å². The second-order valence-corrected chi connectivity index (χ2v) is 3.34. The molecular formula is C10H13N5. The van der Waals surface area contributed by atoms with Crippen molar-refractivity contribution < 1.29 is 0 Å². The van der Waals surface area contributed by atoms with Crippen LogP contribution in [0.3, 0.4) is 0 Å². The molecule has 0 saturated carbocycles. The van der Waals surface area contributed by atoms with Crippen molar-refractivity contribution >= 4 is 5.69 Å². The monoisotopic (exact) mass is 203 g/mol. The van der Waals surface area contributed by atoms with E-state index in [-0.39, 0.29) is 0 Å². The number of rotatable bonds is 2. The molecule has 5 nitrogen and oxygen atoms in total. The lowest BCUT2D eigenvalue weighted by Gasteiger charge is -2.07. The average Bonchev–Trinajstić information content (AvgIpc) is 2.70. The van der Waals surface area contributed by atoms with Crippen LogP contribution in [0, 0.1) is 6.92 Å². The van der Waals surface area contributed by atoms with Gasteiger partial charge in [-0.2, -0.15) is 0 Å². The number of anilines is 1. The molecular weight excluding hydrogens is 190 g/mol. The topological polar surface area (TPSA) is 69.6 Å². The summed E-state index contributed by atoms with van der Waals surface area (Å²) in [5.41, 5.74) is 8.61. The summed E-state index contributed by atoms with van der Waals surface area (Å²) < 4.78 is 1.75. The Labute approximate surface area is 87.9 Å². The zero-order chi connectivity index (χ0) is 10.8. The highest BCUT2D eigenvalue weighted by Gasteiger charge is 2.10. The Morgan fingerprint density at radius 2 is 2.20 bits per heavy atom. The molecule has 0 aliphatic carbocycles. The summed E-state index contributed by atoms with van der Waals surface area (Å²) in [4.78, 5) is 0. The van der Waals surface area contributed by atoms with Gasteiger partial charge in [-0.3, -0.25) is 0 Å². The van der Waals surface area contributed by atoms with Crippen molar-refractivity contribution in [2.45, 2.75) is 20.4 Å². The van der Waals surface area contributed by atoms with Crippen LogP contribution in [0.1, 0.15) is 12.5 Å². The van der Waals surface area contributed by atoms with Gasteiger partial charge in [-0.15, -0.1) is 5.10 Å². The molecule has 15 heavy (non-hydrogen) atoms. The van der Waals surface area contributed by atoms with Crippen molar-refractivity contribution in [3.05, 3.63) is 23.8 Å².